The Morgan fingerprint density at radius 1 is 0.667 bits per heavy atom. The van der Waals surface area contributed by atoms with Crippen molar-refractivity contribution in [2.75, 3.05) is 39.5 Å². The van der Waals surface area contributed by atoms with Gasteiger partial charge in [-0.3, -0.25) is 4.90 Å². The van der Waals surface area contributed by atoms with E-state index < -0.39 is 0 Å². The Hall–Kier alpha value is -1.72. The number of ether oxygens (including phenoxy) is 3. The highest BCUT2D eigenvalue weighted by atomic mass is 16.7. The van der Waals surface area contributed by atoms with Crippen LogP contribution in [0, 0.1) is 0 Å². The molecule has 0 aliphatic carbocycles. The lowest BCUT2D eigenvalue weighted by molar-refractivity contribution is -0.148. The summed E-state index contributed by atoms with van der Waals surface area (Å²) in [6, 6.07) is 21.4. The van der Waals surface area contributed by atoms with Crippen molar-refractivity contribution in [1.29, 1.82) is 0 Å². The van der Waals surface area contributed by atoms with Crippen LogP contribution in [0.25, 0.3) is 0 Å². The Morgan fingerprint density at radius 3 is 1.88 bits per heavy atom. The number of aryl methyl sites for hydroxylation is 1. The van der Waals surface area contributed by atoms with Gasteiger partial charge in [0, 0.05) is 39.5 Å². The van der Waals surface area contributed by atoms with Crippen LogP contribution in [-0.2, 0) is 27.2 Å². The molecule has 4 nitrogen and oxygen atoms in total. The predicted molar refractivity (Wildman–Crippen MR) is 137 cm³/mol. The number of rotatable bonds is 20. The van der Waals surface area contributed by atoms with Crippen molar-refractivity contribution in [2.45, 2.75) is 71.6 Å². The lowest BCUT2D eigenvalue weighted by Gasteiger charge is -2.27. The summed E-state index contributed by atoms with van der Waals surface area (Å²) in [6.45, 7) is 9.98. The van der Waals surface area contributed by atoms with Crippen LogP contribution in [0.4, 0.5) is 0 Å². The summed E-state index contributed by atoms with van der Waals surface area (Å²) in [5, 5.41) is 0. The number of benzene rings is 2. The molecule has 0 aromatic heterocycles. The first-order chi connectivity index (χ1) is 16.3. The van der Waals surface area contributed by atoms with Crippen molar-refractivity contribution >= 4 is 0 Å². The van der Waals surface area contributed by atoms with E-state index in [1.807, 2.05) is 13.8 Å². The first-order valence-electron chi connectivity index (χ1n) is 12.9. The summed E-state index contributed by atoms with van der Waals surface area (Å²) in [5.74, 6) is 0. The average Bonchev–Trinajstić information content (AvgIpc) is 2.84. The predicted octanol–water partition coefficient (Wildman–Crippen LogP) is 6.49. The molecule has 0 aliphatic rings. The monoisotopic (exact) mass is 455 g/mol. The van der Waals surface area contributed by atoms with Crippen LogP contribution in [0.3, 0.4) is 0 Å². The van der Waals surface area contributed by atoms with E-state index in [9.17, 15) is 0 Å². The molecule has 0 bridgehead atoms. The quantitative estimate of drug-likeness (QED) is 0.169. The van der Waals surface area contributed by atoms with Crippen LogP contribution in [-0.4, -0.2) is 50.7 Å². The first-order valence-corrected chi connectivity index (χ1v) is 12.9. The average molecular weight is 456 g/mol. The third-order valence-electron chi connectivity index (χ3n) is 5.72. The molecule has 33 heavy (non-hydrogen) atoms. The standard InChI is InChI=1S/C29H45NO3/c1-3-32-29(33-4-2)26-30(25-28-20-11-8-12-21-28)22-14-5-6-15-23-31-24-16-13-19-27-17-9-7-10-18-27/h7-12,17-18,20-21,29H,3-6,13-16,19,22-26H2,1-2H3. The van der Waals surface area contributed by atoms with Crippen LogP contribution < -0.4 is 0 Å². The molecule has 2 rings (SSSR count). The summed E-state index contributed by atoms with van der Waals surface area (Å²) in [7, 11) is 0. The maximum Gasteiger partial charge on any atom is 0.170 e. The van der Waals surface area contributed by atoms with Crippen LogP contribution in [0.2, 0.25) is 0 Å². The van der Waals surface area contributed by atoms with Crippen LogP contribution in [0.5, 0.6) is 0 Å². The van der Waals surface area contributed by atoms with Gasteiger partial charge in [0.1, 0.15) is 0 Å². The summed E-state index contributed by atoms with van der Waals surface area (Å²) >= 11 is 0. The Morgan fingerprint density at radius 2 is 1.24 bits per heavy atom. The molecule has 0 saturated heterocycles. The molecular weight excluding hydrogens is 410 g/mol. The molecule has 0 N–H and O–H groups in total. The number of nitrogens with zero attached hydrogens (tertiary/aromatic N) is 1. The third kappa shape index (κ3) is 13.5. The largest absolute Gasteiger partial charge is 0.381 e. The van der Waals surface area contributed by atoms with Gasteiger partial charge in [0.15, 0.2) is 6.29 Å². The molecule has 0 saturated carbocycles. The SMILES string of the molecule is CCOC(CN(CCCCCCOCCCCc1ccccc1)Cc1ccccc1)OCC. The zero-order valence-corrected chi connectivity index (χ0v) is 20.9. The lowest BCUT2D eigenvalue weighted by atomic mass is 10.1. The van der Waals surface area contributed by atoms with E-state index in [1.165, 1.54) is 36.8 Å². The second kappa shape index (κ2) is 18.7. The van der Waals surface area contributed by atoms with Gasteiger partial charge in [-0.2, -0.15) is 0 Å². The fourth-order valence-corrected chi connectivity index (χ4v) is 3.99. The second-order valence-corrected chi connectivity index (χ2v) is 8.53. The minimum absolute atomic E-state index is 0.154. The van der Waals surface area contributed by atoms with E-state index in [1.54, 1.807) is 0 Å². The molecule has 0 fully saturated rings. The molecule has 0 heterocycles. The first kappa shape index (κ1) is 27.5. The van der Waals surface area contributed by atoms with E-state index >= 15 is 0 Å². The van der Waals surface area contributed by atoms with Crippen LogP contribution in [0.15, 0.2) is 60.7 Å². The van der Waals surface area contributed by atoms with Gasteiger partial charge in [0.05, 0.1) is 0 Å². The molecule has 4 heteroatoms. The van der Waals surface area contributed by atoms with Gasteiger partial charge in [-0.25, -0.2) is 0 Å². The van der Waals surface area contributed by atoms with Crippen molar-refractivity contribution in [3.8, 4) is 0 Å². The van der Waals surface area contributed by atoms with Crippen LogP contribution >= 0.6 is 0 Å². The Labute approximate surface area is 202 Å². The van der Waals surface area contributed by atoms with Crippen molar-refractivity contribution in [3.05, 3.63) is 71.8 Å². The number of hydrogen-bond donors (Lipinski definition) is 0. The summed E-state index contributed by atoms with van der Waals surface area (Å²) in [5.41, 5.74) is 2.76. The molecule has 0 aliphatic heterocycles. The van der Waals surface area contributed by atoms with Gasteiger partial charge < -0.3 is 14.2 Å². The highest BCUT2D eigenvalue weighted by Gasteiger charge is 2.15. The zero-order valence-electron chi connectivity index (χ0n) is 20.9. The van der Waals surface area contributed by atoms with Gasteiger partial charge in [0.2, 0.25) is 0 Å². The Bertz CT molecular complexity index is 674. The van der Waals surface area contributed by atoms with E-state index in [0.717, 1.165) is 52.1 Å². The summed E-state index contributed by atoms with van der Waals surface area (Å²) in [4.78, 5) is 2.47. The van der Waals surface area contributed by atoms with E-state index in [2.05, 4.69) is 65.6 Å². The second-order valence-electron chi connectivity index (χ2n) is 8.53. The maximum absolute atomic E-state index is 5.84. The minimum Gasteiger partial charge on any atom is -0.381 e. The summed E-state index contributed by atoms with van der Waals surface area (Å²) in [6.07, 6.45) is 8.14. The van der Waals surface area contributed by atoms with Crippen molar-refractivity contribution in [2.24, 2.45) is 0 Å². The highest BCUT2D eigenvalue weighted by Crippen LogP contribution is 2.11. The minimum atomic E-state index is -0.154. The number of hydrogen-bond acceptors (Lipinski definition) is 4. The molecule has 0 unspecified atom stereocenters. The van der Waals surface area contributed by atoms with Gasteiger partial charge >= 0.3 is 0 Å². The number of unbranched alkanes of at least 4 members (excludes halogenated alkanes) is 4. The molecule has 2 aromatic carbocycles. The maximum atomic E-state index is 5.84. The van der Waals surface area contributed by atoms with Gasteiger partial charge in [-0.15, -0.1) is 0 Å². The molecule has 0 atom stereocenters. The topological polar surface area (TPSA) is 30.9 Å². The molecule has 2 aromatic rings. The third-order valence-corrected chi connectivity index (χ3v) is 5.72. The molecule has 0 spiro atoms. The van der Waals surface area contributed by atoms with Crippen molar-refractivity contribution in [1.82, 2.24) is 4.90 Å². The fourth-order valence-electron chi connectivity index (χ4n) is 3.99. The lowest BCUT2D eigenvalue weighted by Crippen LogP contribution is -2.36. The Balaban J connectivity index is 1.56. The van der Waals surface area contributed by atoms with Gasteiger partial charge in [-0.05, 0) is 63.6 Å². The normalized spacial score (nSPS) is 11.5. The summed E-state index contributed by atoms with van der Waals surface area (Å²) < 4.78 is 17.4. The van der Waals surface area contributed by atoms with E-state index in [-0.39, 0.29) is 6.29 Å². The zero-order chi connectivity index (χ0) is 23.4. The van der Waals surface area contributed by atoms with Gasteiger partial charge in [-0.1, -0.05) is 73.5 Å². The Kier molecular flexibility index (Phi) is 15.6. The van der Waals surface area contributed by atoms with E-state index in [0.29, 0.717) is 13.2 Å². The van der Waals surface area contributed by atoms with Crippen LogP contribution in [0.1, 0.15) is 63.5 Å². The molecular formula is C29H45NO3. The van der Waals surface area contributed by atoms with E-state index in [4.69, 9.17) is 14.2 Å². The van der Waals surface area contributed by atoms with Gasteiger partial charge in [0.25, 0.3) is 0 Å². The van der Waals surface area contributed by atoms with Crippen molar-refractivity contribution in [3.63, 3.8) is 0 Å². The smallest absolute Gasteiger partial charge is 0.170 e. The molecule has 0 radical (unpaired) electrons. The molecule has 184 valence electrons. The highest BCUT2D eigenvalue weighted by molar-refractivity contribution is 5.15. The molecule has 0 amide bonds. The van der Waals surface area contributed by atoms with Crippen molar-refractivity contribution < 1.29 is 14.2 Å². The fraction of sp³-hybridized carbons (Fsp3) is 0.586.